The van der Waals surface area contributed by atoms with Crippen molar-refractivity contribution in [2.24, 2.45) is 7.05 Å². The summed E-state index contributed by atoms with van der Waals surface area (Å²) in [5.74, 6) is 0.0521. The predicted molar refractivity (Wildman–Crippen MR) is 81.4 cm³/mol. The van der Waals surface area contributed by atoms with Gasteiger partial charge in [0, 0.05) is 43.1 Å². The summed E-state index contributed by atoms with van der Waals surface area (Å²) >= 11 is 3.45. The van der Waals surface area contributed by atoms with Crippen molar-refractivity contribution >= 4 is 21.8 Å². The van der Waals surface area contributed by atoms with E-state index in [2.05, 4.69) is 31.9 Å². The molecule has 1 atom stereocenters. The molecule has 0 saturated carbocycles. The molecule has 1 aliphatic rings. The third kappa shape index (κ3) is 4.61. The number of nitrogens with zero attached hydrogens (tertiary/aromatic N) is 2. The first-order valence-corrected chi connectivity index (χ1v) is 7.71. The second kappa shape index (κ2) is 7.24. The average Bonchev–Trinajstić information content (AvgIpc) is 2.97. The molecule has 0 aliphatic carbocycles. The number of rotatable bonds is 6. The summed E-state index contributed by atoms with van der Waals surface area (Å²) in [6.45, 7) is 2.59. The number of aromatic nitrogens is 1. The third-order valence-electron chi connectivity index (χ3n) is 3.47. The Labute approximate surface area is 128 Å². The minimum Gasteiger partial charge on any atom is -0.376 e. The van der Waals surface area contributed by atoms with E-state index < -0.39 is 0 Å². The second-order valence-electron chi connectivity index (χ2n) is 5.37. The van der Waals surface area contributed by atoms with Crippen LogP contribution in [0.5, 0.6) is 0 Å². The van der Waals surface area contributed by atoms with Gasteiger partial charge >= 0.3 is 0 Å². The average molecular weight is 344 g/mol. The molecule has 2 rings (SSSR count). The number of ether oxygens (including phenoxy) is 1. The molecule has 6 heteroatoms. The van der Waals surface area contributed by atoms with Crippen LogP contribution in [0, 0.1) is 0 Å². The van der Waals surface area contributed by atoms with Crippen LogP contribution in [0.15, 0.2) is 16.7 Å². The molecule has 1 N–H and O–H groups in total. The number of carbonyl (C=O) groups is 1. The second-order valence-corrected chi connectivity index (χ2v) is 6.29. The van der Waals surface area contributed by atoms with Crippen molar-refractivity contribution in [2.75, 3.05) is 26.7 Å². The van der Waals surface area contributed by atoms with Gasteiger partial charge in [-0.25, -0.2) is 0 Å². The van der Waals surface area contributed by atoms with Gasteiger partial charge in [-0.05, 0) is 41.9 Å². The van der Waals surface area contributed by atoms with Crippen molar-refractivity contribution in [2.45, 2.75) is 25.5 Å². The quantitative estimate of drug-likeness (QED) is 0.851. The zero-order valence-electron chi connectivity index (χ0n) is 12.1. The Hall–Kier alpha value is -0.850. The summed E-state index contributed by atoms with van der Waals surface area (Å²) in [5, 5.41) is 2.94. The van der Waals surface area contributed by atoms with Crippen molar-refractivity contribution in [1.29, 1.82) is 0 Å². The highest BCUT2D eigenvalue weighted by atomic mass is 79.9. The molecule has 20 heavy (non-hydrogen) atoms. The van der Waals surface area contributed by atoms with E-state index in [1.807, 2.05) is 25.2 Å². The van der Waals surface area contributed by atoms with Crippen LogP contribution in [0.1, 0.15) is 18.5 Å². The van der Waals surface area contributed by atoms with E-state index in [0.717, 1.165) is 30.5 Å². The molecule has 0 aromatic carbocycles. The van der Waals surface area contributed by atoms with Gasteiger partial charge in [-0.1, -0.05) is 0 Å². The van der Waals surface area contributed by atoms with E-state index in [0.29, 0.717) is 13.1 Å². The van der Waals surface area contributed by atoms with Gasteiger partial charge in [-0.15, -0.1) is 0 Å². The van der Waals surface area contributed by atoms with Crippen LogP contribution >= 0.6 is 15.9 Å². The van der Waals surface area contributed by atoms with Crippen LogP contribution in [0.4, 0.5) is 0 Å². The molecule has 112 valence electrons. The molecule has 5 nitrogen and oxygen atoms in total. The zero-order chi connectivity index (χ0) is 14.5. The highest BCUT2D eigenvalue weighted by Gasteiger charge is 2.16. The first-order chi connectivity index (χ1) is 9.54. The van der Waals surface area contributed by atoms with Crippen LogP contribution in [-0.2, 0) is 23.1 Å². The molecule has 1 fully saturated rings. The van der Waals surface area contributed by atoms with Gasteiger partial charge in [0.25, 0.3) is 0 Å². The highest BCUT2D eigenvalue weighted by Crippen LogP contribution is 2.14. The Kier molecular flexibility index (Phi) is 5.63. The lowest BCUT2D eigenvalue weighted by molar-refractivity contribution is -0.122. The molecule has 0 unspecified atom stereocenters. The number of carbonyl (C=O) groups excluding carboxylic acids is 1. The van der Waals surface area contributed by atoms with E-state index in [9.17, 15) is 4.79 Å². The van der Waals surface area contributed by atoms with Gasteiger partial charge in [0.15, 0.2) is 0 Å². The summed E-state index contributed by atoms with van der Waals surface area (Å²) in [4.78, 5) is 13.9. The fraction of sp³-hybridized carbons (Fsp3) is 0.643. The molecule has 0 spiro atoms. The predicted octanol–water partition coefficient (Wildman–Crippen LogP) is 1.51. The van der Waals surface area contributed by atoms with E-state index in [4.69, 9.17) is 4.74 Å². The number of hydrogen-bond donors (Lipinski definition) is 1. The summed E-state index contributed by atoms with van der Waals surface area (Å²) in [6, 6.07) is 2.07. The standard InChI is InChI=1S/C14H22BrN3O2/c1-17(9-12-6-11(15)8-18(12)2)10-14(19)16-7-13-4-3-5-20-13/h6,8,13H,3-5,7,9-10H2,1-2H3,(H,16,19)/t13-/m1/s1. The van der Waals surface area contributed by atoms with Crippen molar-refractivity contribution in [3.63, 3.8) is 0 Å². The number of halogens is 1. The Balaban J connectivity index is 1.71. The van der Waals surface area contributed by atoms with E-state index in [-0.39, 0.29) is 12.0 Å². The summed E-state index contributed by atoms with van der Waals surface area (Å²) in [5.41, 5.74) is 1.17. The van der Waals surface area contributed by atoms with Crippen molar-refractivity contribution < 1.29 is 9.53 Å². The topological polar surface area (TPSA) is 46.5 Å². The largest absolute Gasteiger partial charge is 0.376 e. The van der Waals surface area contributed by atoms with Gasteiger partial charge in [0.1, 0.15) is 0 Å². The number of hydrogen-bond acceptors (Lipinski definition) is 3. The fourth-order valence-corrected chi connectivity index (χ4v) is 2.96. The van der Waals surface area contributed by atoms with Gasteiger partial charge in [0.05, 0.1) is 12.6 Å². The van der Waals surface area contributed by atoms with Crippen molar-refractivity contribution in [1.82, 2.24) is 14.8 Å². The minimum absolute atomic E-state index is 0.0521. The van der Waals surface area contributed by atoms with Crippen LogP contribution in [0.3, 0.4) is 0 Å². The number of likely N-dealkylation sites (N-methyl/N-ethyl adjacent to an activating group) is 1. The minimum atomic E-state index is 0.0521. The van der Waals surface area contributed by atoms with Crippen LogP contribution < -0.4 is 5.32 Å². The van der Waals surface area contributed by atoms with E-state index >= 15 is 0 Å². The van der Waals surface area contributed by atoms with Gasteiger partial charge in [-0.2, -0.15) is 0 Å². The number of aryl methyl sites for hydroxylation is 1. The Morgan fingerprint density at radius 1 is 1.65 bits per heavy atom. The molecular weight excluding hydrogens is 322 g/mol. The fourth-order valence-electron chi connectivity index (χ4n) is 2.39. The van der Waals surface area contributed by atoms with Gasteiger partial charge in [-0.3, -0.25) is 9.69 Å². The molecular formula is C14H22BrN3O2. The van der Waals surface area contributed by atoms with Gasteiger partial charge in [0.2, 0.25) is 5.91 Å². The number of nitrogens with one attached hydrogen (secondary N) is 1. The third-order valence-corrected chi connectivity index (χ3v) is 3.90. The molecule has 2 heterocycles. The maximum Gasteiger partial charge on any atom is 0.234 e. The first kappa shape index (κ1) is 15.5. The maximum absolute atomic E-state index is 11.9. The van der Waals surface area contributed by atoms with Crippen molar-refractivity contribution in [3.05, 3.63) is 22.4 Å². The lowest BCUT2D eigenvalue weighted by Crippen LogP contribution is -2.38. The SMILES string of the molecule is CN(CC(=O)NC[C@H]1CCCO1)Cc1cc(Br)cn1C. The van der Waals surface area contributed by atoms with Gasteiger partial charge < -0.3 is 14.6 Å². The molecule has 1 aromatic rings. The van der Waals surface area contributed by atoms with Crippen LogP contribution in [-0.4, -0.2) is 48.2 Å². The van der Waals surface area contributed by atoms with E-state index in [1.165, 1.54) is 5.69 Å². The molecule has 1 aromatic heterocycles. The first-order valence-electron chi connectivity index (χ1n) is 6.92. The molecule has 1 aliphatic heterocycles. The molecule has 0 radical (unpaired) electrons. The normalized spacial score (nSPS) is 18.7. The van der Waals surface area contributed by atoms with Crippen molar-refractivity contribution in [3.8, 4) is 0 Å². The summed E-state index contributed by atoms with van der Waals surface area (Å²) in [7, 11) is 3.96. The Morgan fingerprint density at radius 3 is 3.05 bits per heavy atom. The smallest absolute Gasteiger partial charge is 0.234 e. The Morgan fingerprint density at radius 2 is 2.45 bits per heavy atom. The molecule has 1 amide bonds. The zero-order valence-corrected chi connectivity index (χ0v) is 13.6. The monoisotopic (exact) mass is 343 g/mol. The van der Waals surface area contributed by atoms with E-state index in [1.54, 1.807) is 0 Å². The summed E-state index contributed by atoms with van der Waals surface area (Å²) in [6.07, 6.45) is 4.37. The lowest BCUT2D eigenvalue weighted by Gasteiger charge is -2.17. The number of amides is 1. The maximum atomic E-state index is 11.9. The molecule has 1 saturated heterocycles. The lowest BCUT2D eigenvalue weighted by atomic mass is 10.2. The summed E-state index contributed by atoms with van der Waals surface area (Å²) < 4.78 is 8.61. The van der Waals surface area contributed by atoms with Crippen LogP contribution in [0.2, 0.25) is 0 Å². The molecule has 0 bridgehead atoms. The van der Waals surface area contributed by atoms with Crippen LogP contribution in [0.25, 0.3) is 0 Å². The highest BCUT2D eigenvalue weighted by molar-refractivity contribution is 9.10. The Bertz CT molecular complexity index is 455.